The number of nitrogens with two attached hydrogens (primary N) is 1. The van der Waals surface area contributed by atoms with E-state index in [2.05, 4.69) is 10.1 Å². The van der Waals surface area contributed by atoms with E-state index in [1.165, 1.54) is 30.0 Å². The molecule has 0 fully saturated rings. The summed E-state index contributed by atoms with van der Waals surface area (Å²) in [5, 5.41) is 23.5. The number of pyridine rings is 1. The molecule has 3 N–H and O–H groups in total. The molecule has 0 aliphatic heterocycles. The molecule has 9 heteroatoms. The van der Waals surface area contributed by atoms with Crippen molar-refractivity contribution in [3.63, 3.8) is 0 Å². The molecule has 1 aromatic carbocycles. The number of benzene rings is 1. The van der Waals surface area contributed by atoms with Gasteiger partial charge in [0, 0.05) is 28.8 Å². The van der Waals surface area contributed by atoms with Gasteiger partial charge in [0.25, 0.3) is 5.69 Å². The first-order chi connectivity index (χ1) is 10.0. The van der Waals surface area contributed by atoms with Crippen molar-refractivity contribution in [2.24, 2.45) is 10.9 Å². The highest BCUT2D eigenvalue weighted by Crippen LogP contribution is 2.34. The van der Waals surface area contributed by atoms with E-state index < -0.39 is 4.92 Å². The molecule has 108 valence electrons. The zero-order valence-corrected chi connectivity index (χ0v) is 12.0. The first-order valence-electron chi connectivity index (χ1n) is 5.57. The Morgan fingerprint density at radius 1 is 1.48 bits per heavy atom. The molecule has 0 unspecified atom stereocenters. The Morgan fingerprint density at radius 3 is 2.86 bits per heavy atom. The highest BCUT2D eigenvalue weighted by atomic mass is 35.5. The van der Waals surface area contributed by atoms with Crippen LogP contribution in [0.15, 0.2) is 51.6 Å². The first-order valence-corrected chi connectivity index (χ1v) is 6.77. The number of rotatable bonds is 4. The number of nitro benzene ring substituents is 1. The predicted octanol–water partition coefficient (Wildman–Crippen LogP) is 2.89. The fourth-order valence-electron chi connectivity index (χ4n) is 1.53. The molecular formula is C12H9ClN4O3S. The molecule has 0 atom stereocenters. The van der Waals surface area contributed by atoms with Gasteiger partial charge >= 0.3 is 0 Å². The Kier molecular flexibility index (Phi) is 4.61. The van der Waals surface area contributed by atoms with Crippen LogP contribution in [0.1, 0.15) is 5.56 Å². The lowest BCUT2D eigenvalue weighted by molar-refractivity contribution is -0.384. The van der Waals surface area contributed by atoms with Gasteiger partial charge in [-0.15, -0.1) is 0 Å². The van der Waals surface area contributed by atoms with Gasteiger partial charge in [0.1, 0.15) is 5.03 Å². The molecule has 0 radical (unpaired) electrons. The fourth-order valence-corrected chi connectivity index (χ4v) is 2.66. The standard InChI is InChI=1S/C12H9ClN4O3S/c13-9-2-1-5-15-12(9)21-10-4-3-7(17(19)20)6-8(10)11(14)16-18/h1-6,18H,(H2,14,16). The van der Waals surface area contributed by atoms with Gasteiger partial charge < -0.3 is 10.9 Å². The Balaban J connectivity index is 2.48. The van der Waals surface area contributed by atoms with Crippen LogP contribution in [-0.4, -0.2) is 21.0 Å². The van der Waals surface area contributed by atoms with Crippen LogP contribution in [0.25, 0.3) is 0 Å². The third-order valence-corrected chi connectivity index (χ3v) is 4.00. The van der Waals surface area contributed by atoms with Crippen molar-refractivity contribution in [1.82, 2.24) is 4.98 Å². The number of nitro groups is 1. The first kappa shape index (κ1) is 15.1. The van der Waals surface area contributed by atoms with E-state index in [1.807, 2.05) is 0 Å². The number of hydrogen-bond acceptors (Lipinski definition) is 6. The molecule has 21 heavy (non-hydrogen) atoms. The minimum atomic E-state index is -0.559. The number of hydrogen-bond donors (Lipinski definition) is 2. The summed E-state index contributed by atoms with van der Waals surface area (Å²) in [6.45, 7) is 0. The van der Waals surface area contributed by atoms with E-state index in [-0.39, 0.29) is 17.1 Å². The average Bonchev–Trinajstić information content (AvgIpc) is 2.49. The predicted molar refractivity (Wildman–Crippen MR) is 79.0 cm³/mol. The van der Waals surface area contributed by atoms with Crippen molar-refractivity contribution in [2.75, 3.05) is 0 Å². The van der Waals surface area contributed by atoms with Gasteiger partial charge in [-0.3, -0.25) is 10.1 Å². The molecule has 7 nitrogen and oxygen atoms in total. The highest BCUT2D eigenvalue weighted by molar-refractivity contribution is 7.99. The molecule has 0 aliphatic carbocycles. The zero-order chi connectivity index (χ0) is 15.4. The van der Waals surface area contributed by atoms with Crippen LogP contribution >= 0.6 is 23.4 Å². The molecule has 1 heterocycles. The number of oxime groups is 1. The number of halogens is 1. The summed E-state index contributed by atoms with van der Waals surface area (Å²) < 4.78 is 0. The van der Waals surface area contributed by atoms with Gasteiger partial charge in [-0.05, 0) is 18.2 Å². The Hall–Kier alpha value is -2.32. The second-order valence-corrected chi connectivity index (χ2v) is 5.25. The lowest BCUT2D eigenvalue weighted by Gasteiger charge is -2.08. The minimum Gasteiger partial charge on any atom is -0.409 e. The molecule has 0 saturated heterocycles. The molecule has 2 rings (SSSR count). The summed E-state index contributed by atoms with van der Waals surface area (Å²) in [4.78, 5) is 14.9. The normalized spacial score (nSPS) is 11.4. The maximum atomic E-state index is 10.8. The molecule has 0 spiro atoms. The van der Waals surface area contributed by atoms with Crippen molar-refractivity contribution < 1.29 is 10.1 Å². The molecular weight excluding hydrogens is 316 g/mol. The summed E-state index contributed by atoms with van der Waals surface area (Å²) in [6.07, 6.45) is 1.57. The maximum absolute atomic E-state index is 10.8. The van der Waals surface area contributed by atoms with Crippen molar-refractivity contribution >= 4 is 34.9 Å². The van der Waals surface area contributed by atoms with Crippen LogP contribution in [0.5, 0.6) is 0 Å². The summed E-state index contributed by atoms with van der Waals surface area (Å²) in [7, 11) is 0. The lowest BCUT2D eigenvalue weighted by Crippen LogP contribution is -2.14. The third-order valence-electron chi connectivity index (χ3n) is 2.49. The number of aromatic nitrogens is 1. The van der Waals surface area contributed by atoms with Crippen LogP contribution in [-0.2, 0) is 0 Å². The summed E-state index contributed by atoms with van der Waals surface area (Å²) >= 11 is 7.19. The Bertz CT molecular complexity index is 723. The summed E-state index contributed by atoms with van der Waals surface area (Å²) in [6, 6.07) is 7.42. The summed E-state index contributed by atoms with van der Waals surface area (Å²) in [5.74, 6) is -0.228. The molecule has 1 aromatic heterocycles. The van der Waals surface area contributed by atoms with Crippen molar-refractivity contribution in [2.45, 2.75) is 9.92 Å². The van der Waals surface area contributed by atoms with Crippen LogP contribution < -0.4 is 5.73 Å². The van der Waals surface area contributed by atoms with Crippen LogP contribution in [0.4, 0.5) is 5.69 Å². The second kappa shape index (κ2) is 6.42. The van der Waals surface area contributed by atoms with E-state index in [0.29, 0.717) is 14.9 Å². The van der Waals surface area contributed by atoms with E-state index in [4.69, 9.17) is 22.5 Å². The second-order valence-electron chi connectivity index (χ2n) is 3.82. The van der Waals surface area contributed by atoms with E-state index in [0.717, 1.165) is 0 Å². The van der Waals surface area contributed by atoms with Crippen molar-refractivity contribution in [1.29, 1.82) is 0 Å². The van der Waals surface area contributed by atoms with Gasteiger partial charge in [-0.1, -0.05) is 28.5 Å². The van der Waals surface area contributed by atoms with Crippen molar-refractivity contribution in [3.8, 4) is 0 Å². The number of non-ortho nitro benzene ring substituents is 1. The van der Waals surface area contributed by atoms with Crippen molar-refractivity contribution in [3.05, 3.63) is 57.2 Å². The summed E-state index contributed by atoms with van der Waals surface area (Å²) in [5.41, 5.74) is 5.64. The fraction of sp³-hybridized carbons (Fsp3) is 0. The van der Waals surface area contributed by atoms with Gasteiger partial charge in [0.15, 0.2) is 5.84 Å². The average molecular weight is 325 g/mol. The van der Waals surface area contributed by atoms with Gasteiger partial charge in [0.05, 0.1) is 9.95 Å². The largest absolute Gasteiger partial charge is 0.409 e. The third kappa shape index (κ3) is 3.41. The van der Waals surface area contributed by atoms with Crippen LogP contribution in [0.2, 0.25) is 5.02 Å². The zero-order valence-electron chi connectivity index (χ0n) is 10.4. The maximum Gasteiger partial charge on any atom is 0.270 e. The van der Waals surface area contributed by atoms with E-state index >= 15 is 0 Å². The Morgan fingerprint density at radius 2 is 2.24 bits per heavy atom. The molecule has 0 amide bonds. The van der Waals surface area contributed by atoms with Crippen LogP contribution in [0, 0.1) is 10.1 Å². The van der Waals surface area contributed by atoms with E-state index in [9.17, 15) is 10.1 Å². The van der Waals surface area contributed by atoms with Gasteiger partial charge in [-0.25, -0.2) is 4.98 Å². The number of amidine groups is 1. The molecule has 2 aromatic rings. The highest BCUT2D eigenvalue weighted by Gasteiger charge is 2.16. The van der Waals surface area contributed by atoms with E-state index in [1.54, 1.807) is 18.3 Å². The quantitative estimate of drug-likeness (QED) is 0.294. The SMILES string of the molecule is NC(=NO)c1cc([N+](=O)[O-])ccc1Sc1ncccc1Cl. The van der Waals surface area contributed by atoms with Gasteiger partial charge in [-0.2, -0.15) is 0 Å². The smallest absolute Gasteiger partial charge is 0.270 e. The monoisotopic (exact) mass is 324 g/mol. The van der Waals surface area contributed by atoms with Crippen LogP contribution in [0.3, 0.4) is 0 Å². The molecule has 0 saturated carbocycles. The molecule has 0 aliphatic rings. The van der Waals surface area contributed by atoms with Gasteiger partial charge in [0.2, 0.25) is 0 Å². The topological polar surface area (TPSA) is 115 Å². The lowest BCUT2D eigenvalue weighted by atomic mass is 10.2. The molecule has 0 bridgehead atoms. The number of nitrogens with zero attached hydrogens (tertiary/aromatic N) is 3. The Labute approximate surface area is 128 Å². The minimum absolute atomic E-state index is 0.159.